The first-order valence-corrected chi connectivity index (χ1v) is 5.88. The van der Waals surface area contributed by atoms with Gasteiger partial charge in [0.05, 0.1) is 6.10 Å². The molecule has 2 heterocycles. The quantitative estimate of drug-likeness (QED) is 0.779. The van der Waals surface area contributed by atoms with Crippen molar-refractivity contribution in [3.8, 4) is 0 Å². The van der Waals surface area contributed by atoms with Crippen LogP contribution in [0.4, 0.5) is 5.82 Å². The van der Waals surface area contributed by atoms with Crippen molar-refractivity contribution >= 4 is 5.82 Å². The maximum Gasteiger partial charge on any atom is 0.131 e. The Bertz CT molecular complexity index is 337. The van der Waals surface area contributed by atoms with Gasteiger partial charge in [-0.1, -0.05) is 6.07 Å². The van der Waals surface area contributed by atoms with Gasteiger partial charge >= 0.3 is 0 Å². The summed E-state index contributed by atoms with van der Waals surface area (Å²) in [6.45, 7) is 2.44. The Labute approximate surface area is 96.1 Å². The van der Waals surface area contributed by atoms with Crippen molar-refractivity contribution < 1.29 is 5.11 Å². The molecule has 1 aromatic rings. The van der Waals surface area contributed by atoms with E-state index in [0.29, 0.717) is 13.0 Å². The Morgan fingerprint density at radius 2 is 2.19 bits per heavy atom. The topological polar surface area (TPSA) is 62.4 Å². The second-order valence-corrected chi connectivity index (χ2v) is 4.27. The van der Waals surface area contributed by atoms with Crippen LogP contribution in [0.15, 0.2) is 18.3 Å². The molecule has 0 bridgehead atoms. The van der Waals surface area contributed by atoms with E-state index in [4.69, 9.17) is 5.73 Å². The summed E-state index contributed by atoms with van der Waals surface area (Å²) in [6.07, 6.45) is 4.40. The zero-order valence-corrected chi connectivity index (χ0v) is 9.47. The molecule has 1 unspecified atom stereocenters. The average molecular weight is 221 g/mol. The van der Waals surface area contributed by atoms with Gasteiger partial charge in [-0.15, -0.1) is 0 Å². The summed E-state index contributed by atoms with van der Waals surface area (Å²) in [7, 11) is 0. The number of rotatable bonds is 4. The molecule has 0 radical (unpaired) electrons. The monoisotopic (exact) mass is 221 g/mol. The van der Waals surface area contributed by atoms with Gasteiger partial charge in [-0.3, -0.25) is 0 Å². The van der Waals surface area contributed by atoms with Crippen LogP contribution < -0.4 is 10.6 Å². The number of aromatic nitrogens is 1. The Kier molecular flexibility index (Phi) is 3.74. The first-order chi connectivity index (χ1) is 7.81. The lowest BCUT2D eigenvalue weighted by atomic mass is 10.1. The van der Waals surface area contributed by atoms with Crippen molar-refractivity contribution in [3.63, 3.8) is 0 Å². The number of nitrogens with zero attached hydrogens (tertiary/aromatic N) is 2. The molecule has 0 saturated carbocycles. The van der Waals surface area contributed by atoms with Gasteiger partial charge < -0.3 is 15.7 Å². The molecular weight excluding hydrogens is 202 g/mol. The lowest BCUT2D eigenvalue weighted by molar-refractivity contribution is 0.183. The Balaban J connectivity index is 2.16. The second kappa shape index (κ2) is 5.27. The van der Waals surface area contributed by atoms with Gasteiger partial charge in [0.15, 0.2) is 0 Å². The lowest BCUT2D eigenvalue weighted by Crippen LogP contribution is -2.25. The third-order valence-electron chi connectivity index (χ3n) is 3.00. The summed E-state index contributed by atoms with van der Waals surface area (Å²) in [5.41, 5.74) is 6.54. The van der Waals surface area contributed by atoms with E-state index in [1.165, 1.54) is 12.8 Å². The normalized spacial score (nSPS) is 17.8. The molecule has 3 N–H and O–H groups in total. The molecule has 1 aromatic heterocycles. The fourth-order valence-electron chi connectivity index (χ4n) is 2.14. The Morgan fingerprint density at radius 1 is 1.44 bits per heavy atom. The third kappa shape index (κ3) is 2.51. The summed E-state index contributed by atoms with van der Waals surface area (Å²) in [5, 5.41) is 9.61. The standard InChI is InChI=1S/C12H19N3O/c13-9-11(16)8-10-4-3-5-14-12(10)15-6-1-2-7-15/h3-5,11,16H,1-2,6-9,13H2. The molecule has 1 aliphatic rings. The van der Waals surface area contributed by atoms with Gasteiger partial charge in [0.1, 0.15) is 5.82 Å². The number of hydrogen-bond donors (Lipinski definition) is 2. The molecule has 16 heavy (non-hydrogen) atoms. The largest absolute Gasteiger partial charge is 0.391 e. The molecule has 2 rings (SSSR count). The van der Waals surface area contributed by atoms with Crippen LogP contribution in [0.2, 0.25) is 0 Å². The molecule has 4 heteroatoms. The highest BCUT2D eigenvalue weighted by atomic mass is 16.3. The number of aliphatic hydroxyl groups excluding tert-OH is 1. The van der Waals surface area contributed by atoms with Crippen molar-refractivity contribution in [2.75, 3.05) is 24.5 Å². The number of aliphatic hydroxyl groups is 1. The molecule has 1 saturated heterocycles. The van der Waals surface area contributed by atoms with Crippen LogP contribution in [0.3, 0.4) is 0 Å². The van der Waals surface area contributed by atoms with E-state index in [2.05, 4.69) is 9.88 Å². The first-order valence-electron chi connectivity index (χ1n) is 5.88. The molecule has 1 atom stereocenters. The van der Waals surface area contributed by atoms with E-state index in [-0.39, 0.29) is 0 Å². The third-order valence-corrected chi connectivity index (χ3v) is 3.00. The number of nitrogens with two attached hydrogens (primary N) is 1. The number of pyridine rings is 1. The zero-order valence-electron chi connectivity index (χ0n) is 9.47. The summed E-state index contributed by atoms with van der Waals surface area (Å²) in [6, 6.07) is 3.94. The van der Waals surface area contributed by atoms with Gasteiger partial charge in [-0.05, 0) is 24.5 Å². The van der Waals surface area contributed by atoms with Gasteiger partial charge in [0.25, 0.3) is 0 Å². The highest BCUT2D eigenvalue weighted by molar-refractivity contribution is 5.47. The van der Waals surface area contributed by atoms with Crippen LogP contribution in [0.25, 0.3) is 0 Å². The number of anilines is 1. The molecule has 1 aliphatic heterocycles. The van der Waals surface area contributed by atoms with Crippen LogP contribution in [0, 0.1) is 0 Å². The van der Waals surface area contributed by atoms with E-state index >= 15 is 0 Å². The van der Waals surface area contributed by atoms with Crippen molar-refractivity contribution in [2.24, 2.45) is 5.73 Å². The fraction of sp³-hybridized carbons (Fsp3) is 0.583. The van der Waals surface area contributed by atoms with Crippen LogP contribution in [0.1, 0.15) is 18.4 Å². The van der Waals surface area contributed by atoms with Crippen molar-refractivity contribution in [1.82, 2.24) is 4.98 Å². The maximum absolute atomic E-state index is 9.61. The van der Waals surface area contributed by atoms with E-state index in [1.807, 2.05) is 18.3 Å². The number of hydrogen-bond acceptors (Lipinski definition) is 4. The first kappa shape index (κ1) is 11.4. The Morgan fingerprint density at radius 3 is 2.88 bits per heavy atom. The molecule has 0 aromatic carbocycles. The van der Waals surface area contributed by atoms with Gasteiger partial charge in [0.2, 0.25) is 0 Å². The van der Waals surface area contributed by atoms with Crippen LogP contribution >= 0.6 is 0 Å². The van der Waals surface area contributed by atoms with Gasteiger partial charge in [-0.25, -0.2) is 4.98 Å². The predicted octanol–water partition coefficient (Wildman–Crippen LogP) is 0.544. The molecule has 0 aliphatic carbocycles. The van der Waals surface area contributed by atoms with Crippen LogP contribution in [-0.4, -0.2) is 35.8 Å². The van der Waals surface area contributed by atoms with E-state index in [0.717, 1.165) is 24.5 Å². The van der Waals surface area contributed by atoms with Crippen molar-refractivity contribution in [1.29, 1.82) is 0 Å². The van der Waals surface area contributed by atoms with Crippen molar-refractivity contribution in [3.05, 3.63) is 23.9 Å². The smallest absolute Gasteiger partial charge is 0.131 e. The minimum absolute atomic E-state index is 0.300. The van der Waals surface area contributed by atoms with Crippen LogP contribution in [-0.2, 0) is 6.42 Å². The second-order valence-electron chi connectivity index (χ2n) is 4.27. The van der Waals surface area contributed by atoms with E-state index in [1.54, 1.807) is 0 Å². The minimum Gasteiger partial charge on any atom is -0.391 e. The SMILES string of the molecule is NCC(O)Cc1cccnc1N1CCCC1. The molecule has 0 spiro atoms. The highest BCUT2D eigenvalue weighted by Gasteiger charge is 2.17. The highest BCUT2D eigenvalue weighted by Crippen LogP contribution is 2.22. The summed E-state index contributed by atoms with van der Waals surface area (Å²) in [5.74, 6) is 1.02. The average Bonchev–Trinajstić information content (AvgIpc) is 2.83. The maximum atomic E-state index is 9.61. The molecular formula is C12H19N3O. The van der Waals surface area contributed by atoms with E-state index in [9.17, 15) is 5.11 Å². The predicted molar refractivity (Wildman–Crippen MR) is 64.4 cm³/mol. The molecule has 88 valence electrons. The van der Waals surface area contributed by atoms with Crippen molar-refractivity contribution in [2.45, 2.75) is 25.4 Å². The molecule has 1 fully saturated rings. The summed E-state index contributed by atoms with van der Waals surface area (Å²) >= 11 is 0. The lowest BCUT2D eigenvalue weighted by Gasteiger charge is -2.20. The van der Waals surface area contributed by atoms with E-state index < -0.39 is 6.10 Å². The Hall–Kier alpha value is -1.13. The molecule has 0 amide bonds. The minimum atomic E-state index is -0.467. The zero-order chi connectivity index (χ0) is 11.4. The molecule has 4 nitrogen and oxygen atoms in total. The summed E-state index contributed by atoms with van der Waals surface area (Å²) < 4.78 is 0. The fourth-order valence-corrected chi connectivity index (χ4v) is 2.14. The van der Waals surface area contributed by atoms with Crippen LogP contribution in [0.5, 0.6) is 0 Å². The van der Waals surface area contributed by atoms with Gasteiger partial charge in [0, 0.05) is 32.3 Å². The summed E-state index contributed by atoms with van der Waals surface area (Å²) in [4.78, 5) is 6.71. The van der Waals surface area contributed by atoms with Gasteiger partial charge in [-0.2, -0.15) is 0 Å².